The van der Waals surface area contributed by atoms with Gasteiger partial charge in [-0.05, 0) is 32.0 Å². The van der Waals surface area contributed by atoms with E-state index in [4.69, 9.17) is 5.73 Å². The lowest BCUT2D eigenvalue weighted by atomic mass is 9.83. The number of pyridine rings is 1. The van der Waals surface area contributed by atoms with Crippen LogP contribution in [-0.4, -0.2) is 51.8 Å². The molecule has 1 amide bonds. The van der Waals surface area contributed by atoms with Crippen molar-refractivity contribution in [3.8, 4) is 5.88 Å². The van der Waals surface area contributed by atoms with Gasteiger partial charge >= 0.3 is 6.61 Å². The molecule has 3 atom stereocenters. The summed E-state index contributed by atoms with van der Waals surface area (Å²) in [7, 11) is 0. The number of aromatic nitrogens is 3. The topological polar surface area (TPSA) is 128 Å². The number of rotatable bonds is 8. The van der Waals surface area contributed by atoms with E-state index in [2.05, 4.69) is 31.8 Å². The zero-order valence-corrected chi connectivity index (χ0v) is 15.5. The summed E-state index contributed by atoms with van der Waals surface area (Å²) >= 11 is 0. The number of nitrogens with one attached hydrogen (secondary N) is 1. The van der Waals surface area contributed by atoms with Crippen molar-refractivity contribution in [2.24, 2.45) is 16.6 Å². The molecule has 11 heteroatoms. The summed E-state index contributed by atoms with van der Waals surface area (Å²) in [5.74, 6) is -0.652. The number of carbonyl (C=O) groups is 1. The number of nitrogens with zero attached hydrogens (tertiary/aromatic N) is 4. The number of amides is 1. The van der Waals surface area contributed by atoms with Gasteiger partial charge in [0, 0.05) is 24.7 Å². The van der Waals surface area contributed by atoms with Crippen molar-refractivity contribution in [2.75, 3.05) is 11.9 Å². The SMILES string of the molecule is C=NC[C@H]1C[C@@H](O)CC[C@@H]1n1cc(C(N)=O)c(Nc2ccc(OC(F)F)nc2)n1. The number of halogens is 2. The second-order valence-electron chi connectivity index (χ2n) is 6.82. The molecule has 0 aromatic carbocycles. The van der Waals surface area contributed by atoms with Crippen LogP contribution in [0.5, 0.6) is 5.88 Å². The van der Waals surface area contributed by atoms with E-state index in [1.54, 1.807) is 10.9 Å². The predicted molar refractivity (Wildman–Crippen MR) is 102 cm³/mol. The van der Waals surface area contributed by atoms with E-state index in [9.17, 15) is 18.7 Å². The molecule has 1 fully saturated rings. The van der Waals surface area contributed by atoms with E-state index in [0.717, 1.165) is 0 Å². The number of carbonyl (C=O) groups excluding carboxylic acids is 1. The first-order valence-electron chi connectivity index (χ1n) is 9.04. The second-order valence-corrected chi connectivity index (χ2v) is 6.82. The third kappa shape index (κ3) is 5.05. The number of anilines is 2. The molecule has 0 saturated heterocycles. The van der Waals surface area contributed by atoms with E-state index in [1.165, 1.54) is 18.3 Å². The van der Waals surface area contributed by atoms with Crippen LogP contribution in [0.15, 0.2) is 29.5 Å². The minimum absolute atomic E-state index is 0.0252. The average molecular weight is 408 g/mol. The van der Waals surface area contributed by atoms with Crippen LogP contribution in [0.25, 0.3) is 0 Å². The van der Waals surface area contributed by atoms with Crippen LogP contribution in [0.3, 0.4) is 0 Å². The lowest BCUT2D eigenvalue weighted by Gasteiger charge is -2.33. The van der Waals surface area contributed by atoms with Crippen LogP contribution < -0.4 is 15.8 Å². The Morgan fingerprint density at radius 1 is 1.48 bits per heavy atom. The Morgan fingerprint density at radius 3 is 2.90 bits per heavy atom. The van der Waals surface area contributed by atoms with Crippen LogP contribution >= 0.6 is 0 Å². The molecule has 156 valence electrons. The van der Waals surface area contributed by atoms with Crippen molar-refractivity contribution >= 4 is 24.1 Å². The van der Waals surface area contributed by atoms with Gasteiger partial charge in [-0.1, -0.05) is 0 Å². The van der Waals surface area contributed by atoms with Crippen LogP contribution in [0.1, 0.15) is 35.7 Å². The van der Waals surface area contributed by atoms with Gasteiger partial charge in [0.15, 0.2) is 5.82 Å². The molecule has 2 aromatic heterocycles. The van der Waals surface area contributed by atoms with Crippen molar-refractivity contribution in [3.05, 3.63) is 30.1 Å². The number of aliphatic imine (C=N–C) groups is 1. The molecular weight excluding hydrogens is 386 g/mol. The average Bonchev–Trinajstić information content (AvgIpc) is 3.07. The Labute approximate surface area is 165 Å². The molecule has 1 aliphatic rings. The van der Waals surface area contributed by atoms with E-state index in [0.29, 0.717) is 31.5 Å². The summed E-state index contributed by atoms with van der Waals surface area (Å²) in [6.07, 6.45) is 4.29. The number of nitrogens with two attached hydrogens (primary N) is 1. The number of primary amides is 1. The molecule has 9 nitrogen and oxygen atoms in total. The largest absolute Gasteiger partial charge is 0.417 e. The van der Waals surface area contributed by atoms with Gasteiger partial charge in [-0.2, -0.15) is 13.9 Å². The molecule has 4 N–H and O–H groups in total. The fourth-order valence-electron chi connectivity index (χ4n) is 3.52. The van der Waals surface area contributed by atoms with Gasteiger partial charge in [-0.15, -0.1) is 0 Å². The summed E-state index contributed by atoms with van der Waals surface area (Å²) in [5.41, 5.74) is 6.08. The standard InChI is InChI=1S/C18H22F2N6O3/c1-22-7-10-6-12(27)3-4-14(10)26-9-13(16(21)28)17(25-26)24-11-2-5-15(23-8-11)29-18(19)20/h2,5,8-10,12,14,18,27H,1,3-4,6-7H2,(H2,21,28)(H,24,25)/t10-,12+,14+/m1/s1. The molecule has 0 radical (unpaired) electrons. The zero-order chi connectivity index (χ0) is 21.0. The van der Waals surface area contributed by atoms with Crippen LogP contribution in [0.4, 0.5) is 20.3 Å². The smallest absolute Gasteiger partial charge is 0.388 e. The first kappa shape index (κ1) is 20.6. The molecule has 0 bridgehead atoms. The highest BCUT2D eigenvalue weighted by Crippen LogP contribution is 2.35. The molecule has 0 unspecified atom stereocenters. The number of hydrogen-bond acceptors (Lipinski definition) is 7. The molecule has 2 heterocycles. The van der Waals surface area contributed by atoms with Crippen LogP contribution in [0, 0.1) is 5.92 Å². The highest BCUT2D eigenvalue weighted by Gasteiger charge is 2.32. The maximum Gasteiger partial charge on any atom is 0.388 e. The molecule has 29 heavy (non-hydrogen) atoms. The molecule has 3 rings (SSSR count). The zero-order valence-electron chi connectivity index (χ0n) is 15.5. The van der Waals surface area contributed by atoms with Crippen molar-refractivity contribution < 1.29 is 23.4 Å². The highest BCUT2D eigenvalue weighted by atomic mass is 19.3. The summed E-state index contributed by atoms with van der Waals surface area (Å²) in [6, 6.07) is 2.66. The summed E-state index contributed by atoms with van der Waals surface area (Å²) in [4.78, 5) is 19.6. The normalized spacial score (nSPS) is 21.7. The maximum absolute atomic E-state index is 12.2. The molecule has 1 saturated carbocycles. The van der Waals surface area contributed by atoms with Crippen molar-refractivity contribution in [2.45, 2.75) is 38.0 Å². The predicted octanol–water partition coefficient (Wildman–Crippen LogP) is 2.12. The highest BCUT2D eigenvalue weighted by molar-refractivity contribution is 5.98. The van der Waals surface area contributed by atoms with Gasteiger partial charge in [0.2, 0.25) is 5.88 Å². The number of aliphatic hydroxyl groups excluding tert-OH is 1. The van der Waals surface area contributed by atoms with Crippen molar-refractivity contribution in [3.63, 3.8) is 0 Å². The van der Waals surface area contributed by atoms with Crippen molar-refractivity contribution in [1.29, 1.82) is 0 Å². The van der Waals surface area contributed by atoms with E-state index in [1.807, 2.05) is 0 Å². The minimum Gasteiger partial charge on any atom is -0.417 e. The third-order valence-corrected chi connectivity index (χ3v) is 4.82. The monoisotopic (exact) mass is 408 g/mol. The minimum atomic E-state index is -2.97. The molecule has 0 spiro atoms. The van der Waals surface area contributed by atoms with Gasteiger partial charge in [0.1, 0.15) is 5.56 Å². The van der Waals surface area contributed by atoms with E-state index in [-0.39, 0.29) is 29.2 Å². The Kier molecular flexibility index (Phi) is 6.37. The van der Waals surface area contributed by atoms with Gasteiger partial charge in [0.05, 0.1) is 24.0 Å². The van der Waals surface area contributed by atoms with Crippen LogP contribution in [-0.2, 0) is 0 Å². The molecular formula is C18H22F2N6O3. The first-order valence-corrected chi connectivity index (χ1v) is 9.04. The molecule has 2 aromatic rings. The maximum atomic E-state index is 12.2. The summed E-state index contributed by atoms with van der Waals surface area (Å²) in [6.45, 7) is 1.02. The molecule has 0 aliphatic heterocycles. The summed E-state index contributed by atoms with van der Waals surface area (Å²) < 4.78 is 30.3. The lowest BCUT2D eigenvalue weighted by Crippen LogP contribution is -2.32. The third-order valence-electron chi connectivity index (χ3n) is 4.82. The fraction of sp³-hybridized carbons (Fsp3) is 0.444. The Balaban J connectivity index is 1.83. The van der Waals surface area contributed by atoms with E-state index >= 15 is 0 Å². The van der Waals surface area contributed by atoms with E-state index < -0.39 is 18.6 Å². The number of hydrogen-bond donors (Lipinski definition) is 3. The Hall–Kier alpha value is -3.08. The first-order chi connectivity index (χ1) is 13.9. The lowest BCUT2D eigenvalue weighted by molar-refractivity contribution is -0.0528. The number of alkyl halides is 2. The number of ether oxygens (including phenoxy) is 1. The second kappa shape index (κ2) is 8.95. The quantitative estimate of drug-likeness (QED) is 0.574. The van der Waals surface area contributed by atoms with Gasteiger partial charge < -0.3 is 25.9 Å². The number of aliphatic hydroxyl groups is 1. The summed E-state index contributed by atoms with van der Waals surface area (Å²) in [5, 5.41) is 17.3. The van der Waals surface area contributed by atoms with Crippen LogP contribution in [0.2, 0.25) is 0 Å². The Morgan fingerprint density at radius 2 is 2.28 bits per heavy atom. The van der Waals surface area contributed by atoms with Gasteiger partial charge in [-0.3, -0.25) is 9.48 Å². The van der Waals surface area contributed by atoms with Gasteiger partial charge in [-0.25, -0.2) is 4.98 Å². The van der Waals surface area contributed by atoms with Crippen molar-refractivity contribution in [1.82, 2.24) is 14.8 Å². The molecule has 1 aliphatic carbocycles. The fourth-order valence-corrected chi connectivity index (χ4v) is 3.52. The Bertz CT molecular complexity index is 858. The van der Waals surface area contributed by atoms with Gasteiger partial charge in [0.25, 0.3) is 5.91 Å².